The third kappa shape index (κ3) is 4.01. The lowest BCUT2D eigenvalue weighted by Crippen LogP contribution is -2.50. The molecule has 1 fully saturated rings. The Morgan fingerprint density at radius 2 is 1.67 bits per heavy atom. The van der Waals surface area contributed by atoms with Crippen molar-refractivity contribution in [2.24, 2.45) is 0 Å². The number of nitrogens with zero attached hydrogens (tertiary/aromatic N) is 3. The van der Waals surface area contributed by atoms with Crippen LogP contribution >= 0.6 is 0 Å². The highest BCUT2D eigenvalue weighted by Gasteiger charge is 2.31. The summed E-state index contributed by atoms with van der Waals surface area (Å²) in [7, 11) is -3.76. The van der Waals surface area contributed by atoms with Crippen molar-refractivity contribution in [1.82, 2.24) is 14.2 Å². The van der Waals surface area contributed by atoms with Gasteiger partial charge in [-0.25, -0.2) is 17.8 Å². The quantitative estimate of drug-likeness (QED) is 0.458. The highest BCUT2D eigenvalue weighted by molar-refractivity contribution is 7.89. The van der Waals surface area contributed by atoms with Gasteiger partial charge in [-0.2, -0.15) is 4.31 Å². The number of hydrogen-bond donors (Lipinski definition) is 0. The van der Waals surface area contributed by atoms with Gasteiger partial charge in [-0.05, 0) is 48.5 Å². The lowest BCUT2D eigenvalue weighted by molar-refractivity contribution is 0.0700. The van der Waals surface area contributed by atoms with Crippen LogP contribution in [0.25, 0.3) is 22.4 Å². The molecule has 1 amide bonds. The second-order valence-corrected chi connectivity index (χ2v) is 9.64. The molecule has 3 heterocycles. The van der Waals surface area contributed by atoms with E-state index in [-0.39, 0.29) is 37.0 Å². The SMILES string of the molecule is O=C(c1cc(-c2ccco2)nc2ccccc12)N1CCN(S(=O)(=O)c2ccc(F)cc2)CC1. The van der Waals surface area contributed by atoms with Crippen molar-refractivity contribution in [3.8, 4) is 11.5 Å². The largest absolute Gasteiger partial charge is 0.463 e. The summed E-state index contributed by atoms with van der Waals surface area (Å²) in [5.41, 5.74) is 1.72. The molecule has 0 bridgehead atoms. The first-order valence-corrected chi connectivity index (χ1v) is 11.9. The van der Waals surface area contributed by atoms with Gasteiger partial charge in [-0.15, -0.1) is 0 Å². The number of hydrogen-bond acceptors (Lipinski definition) is 5. The number of halogens is 1. The lowest BCUT2D eigenvalue weighted by atomic mass is 10.1. The van der Waals surface area contributed by atoms with E-state index >= 15 is 0 Å². The monoisotopic (exact) mass is 465 g/mol. The number of para-hydroxylation sites is 1. The maximum atomic E-state index is 13.5. The number of aromatic nitrogens is 1. The molecule has 9 heteroatoms. The molecule has 2 aromatic carbocycles. The molecule has 0 radical (unpaired) electrons. The number of carbonyl (C=O) groups is 1. The van der Waals surface area contributed by atoms with Crippen LogP contribution in [0.15, 0.2) is 82.3 Å². The van der Waals surface area contributed by atoms with Gasteiger partial charge >= 0.3 is 0 Å². The molecule has 1 aliphatic heterocycles. The van der Waals surface area contributed by atoms with Crippen LogP contribution in [-0.4, -0.2) is 54.7 Å². The topological polar surface area (TPSA) is 83.7 Å². The molecular weight excluding hydrogens is 445 g/mol. The Morgan fingerprint density at radius 1 is 0.939 bits per heavy atom. The summed E-state index contributed by atoms with van der Waals surface area (Å²) >= 11 is 0. The zero-order valence-corrected chi connectivity index (χ0v) is 18.3. The summed E-state index contributed by atoms with van der Waals surface area (Å²) in [6.45, 7) is 0.789. The summed E-state index contributed by atoms with van der Waals surface area (Å²) in [6, 6.07) is 17.4. The third-order valence-corrected chi connectivity index (χ3v) is 7.61. The zero-order chi connectivity index (χ0) is 23.0. The van der Waals surface area contributed by atoms with E-state index in [1.54, 1.807) is 29.4 Å². The fraction of sp³-hybridized carbons (Fsp3) is 0.167. The number of fused-ring (bicyclic) bond motifs is 1. The normalized spacial score (nSPS) is 15.1. The van der Waals surface area contributed by atoms with Gasteiger partial charge < -0.3 is 9.32 Å². The second kappa shape index (κ2) is 8.42. The first kappa shape index (κ1) is 21.3. The van der Waals surface area contributed by atoms with Crippen LogP contribution < -0.4 is 0 Å². The predicted molar refractivity (Wildman–Crippen MR) is 121 cm³/mol. The van der Waals surface area contributed by atoms with E-state index < -0.39 is 15.8 Å². The smallest absolute Gasteiger partial charge is 0.254 e. The van der Waals surface area contributed by atoms with Gasteiger partial charge in [0.05, 0.1) is 22.2 Å². The van der Waals surface area contributed by atoms with Gasteiger partial charge in [-0.1, -0.05) is 18.2 Å². The van der Waals surface area contributed by atoms with Crippen molar-refractivity contribution in [1.29, 1.82) is 0 Å². The number of furan rings is 1. The highest BCUT2D eigenvalue weighted by atomic mass is 32.2. The predicted octanol–water partition coefficient (Wildman–Crippen LogP) is 3.78. The van der Waals surface area contributed by atoms with Crippen LogP contribution in [0.2, 0.25) is 0 Å². The number of pyridine rings is 1. The van der Waals surface area contributed by atoms with Crippen LogP contribution in [0.5, 0.6) is 0 Å². The van der Waals surface area contributed by atoms with Gasteiger partial charge in [-0.3, -0.25) is 4.79 Å². The molecule has 1 aliphatic rings. The van der Waals surface area contributed by atoms with Crippen molar-refractivity contribution in [3.05, 3.63) is 84.4 Å². The van der Waals surface area contributed by atoms with Crippen LogP contribution in [-0.2, 0) is 10.0 Å². The van der Waals surface area contributed by atoms with Crippen molar-refractivity contribution < 1.29 is 22.0 Å². The fourth-order valence-corrected chi connectivity index (χ4v) is 5.38. The van der Waals surface area contributed by atoms with Gasteiger partial charge in [0.2, 0.25) is 10.0 Å². The van der Waals surface area contributed by atoms with E-state index in [2.05, 4.69) is 4.98 Å². The van der Waals surface area contributed by atoms with E-state index in [1.165, 1.54) is 16.4 Å². The molecule has 4 aromatic rings. The lowest BCUT2D eigenvalue weighted by Gasteiger charge is -2.34. The number of carbonyl (C=O) groups excluding carboxylic acids is 1. The maximum Gasteiger partial charge on any atom is 0.254 e. The number of sulfonamides is 1. The van der Waals surface area contributed by atoms with Crippen LogP contribution in [0.3, 0.4) is 0 Å². The Kier molecular flexibility index (Phi) is 5.43. The van der Waals surface area contributed by atoms with Crippen molar-refractivity contribution in [2.45, 2.75) is 4.90 Å². The summed E-state index contributed by atoms with van der Waals surface area (Å²) in [6.07, 6.45) is 1.55. The summed E-state index contributed by atoms with van der Waals surface area (Å²) in [5.74, 6) is -0.131. The molecule has 2 aromatic heterocycles. The molecule has 168 valence electrons. The Labute approximate surface area is 190 Å². The number of benzene rings is 2. The van der Waals surface area contributed by atoms with E-state index in [9.17, 15) is 17.6 Å². The van der Waals surface area contributed by atoms with Crippen molar-refractivity contribution in [3.63, 3.8) is 0 Å². The van der Waals surface area contributed by atoms with Crippen LogP contribution in [0.4, 0.5) is 4.39 Å². The first-order valence-electron chi connectivity index (χ1n) is 10.4. The Balaban J connectivity index is 1.40. The molecule has 7 nitrogen and oxygen atoms in total. The van der Waals surface area contributed by atoms with E-state index in [4.69, 9.17) is 4.42 Å². The zero-order valence-electron chi connectivity index (χ0n) is 17.5. The Bertz CT molecular complexity index is 1410. The van der Waals surface area contributed by atoms with Crippen LogP contribution in [0.1, 0.15) is 10.4 Å². The standard InChI is InChI=1S/C24H20FN3O4S/c25-17-7-9-18(10-8-17)33(30,31)28-13-11-27(12-14-28)24(29)20-16-22(23-6-3-15-32-23)26-21-5-2-1-4-19(20)21/h1-10,15-16H,11-14H2. The molecule has 5 rings (SSSR count). The van der Waals surface area contributed by atoms with E-state index in [0.29, 0.717) is 22.5 Å². The molecule has 0 atom stereocenters. The summed E-state index contributed by atoms with van der Waals surface area (Å²) < 4.78 is 45.7. The minimum atomic E-state index is -3.76. The number of piperazine rings is 1. The minimum Gasteiger partial charge on any atom is -0.463 e. The molecular formula is C24H20FN3O4S. The molecule has 0 N–H and O–H groups in total. The number of amides is 1. The third-order valence-electron chi connectivity index (χ3n) is 5.70. The van der Waals surface area contributed by atoms with E-state index in [0.717, 1.165) is 17.5 Å². The number of rotatable bonds is 4. The van der Waals surface area contributed by atoms with Gasteiger partial charge in [0.25, 0.3) is 5.91 Å². The van der Waals surface area contributed by atoms with Gasteiger partial charge in [0, 0.05) is 31.6 Å². The molecule has 0 saturated carbocycles. The Hall–Kier alpha value is -3.56. The van der Waals surface area contributed by atoms with Gasteiger partial charge in [0.1, 0.15) is 11.5 Å². The molecule has 1 saturated heterocycles. The van der Waals surface area contributed by atoms with Crippen molar-refractivity contribution in [2.75, 3.05) is 26.2 Å². The Morgan fingerprint density at radius 3 is 2.36 bits per heavy atom. The molecule has 0 aliphatic carbocycles. The highest BCUT2D eigenvalue weighted by Crippen LogP contribution is 2.27. The first-order chi connectivity index (χ1) is 15.9. The summed E-state index contributed by atoms with van der Waals surface area (Å²) in [4.78, 5) is 19.7. The second-order valence-electron chi connectivity index (χ2n) is 7.70. The minimum absolute atomic E-state index is 0.0342. The van der Waals surface area contributed by atoms with E-state index in [1.807, 2.05) is 24.3 Å². The maximum absolute atomic E-state index is 13.5. The molecule has 33 heavy (non-hydrogen) atoms. The average Bonchev–Trinajstić information content (AvgIpc) is 3.38. The molecule has 0 spiro atoms. The van der Waals surface area contributed by atoms with Gasteiger partial charge in [0.15, 0.2) is 5.76 Å². The molecule has 0 unspecified atom stereocenters. The van der Waals surface area contributed by atoms with Crippen LogP contribution in [0, 0.1) is 5.82 Å². The van der Waals surface area contributed by atoms with Crippen molar-refractivity contribution >= 4 is 26.8 Å². The summed E-state index contributed by atoms with van der Waals surface area (Å²) in [5, 5.41) is 0.721. The average molecular weight is 466 g/mol. The fourth-order valence-electron chi connectivity index (χ4n) is 3.96.